The van der Waals surface area contributed by atoms with Crippen LogP contribution in [-0.2, 0) is 6.42 Å². The fourth-order valence-electron chi connectivity index (χ4n) is 2.16. The first-order chi connectivity index (χ1) is 10.6. The average molecular weight is 312 g/mol. The minimum Gasteiger partial charge on any atom is -0.508 e. The van der Waals surface area contributed by atoms with E-state index in [1.165, 1.54) is 11.3 Å². The summed E-state index contributed by atoms with van der Waals surface area (Å²) in [6.07, 6.45) is 0.678. The predicted molar refractivity (Wildman–Crippen MR) is 88.5 cm³/mol. The van der Waals surface area contributed by atoms with Gasteiger partial charge >= 0.3 is 0 Å². The second-order valence-corrected chi connectivity index (χ2v) is 6.25. The van der Waals surface area contributed by atoms with Crippen molar-refractivity contribution < 1.29 is 9.90 Å². The zero-order chi connectivity index (χ0) is 15.5. The van der Waals surface area contributed by atoms with Crippen molar-refractivity contribution in [3.8, 4) is 5.75 Å². The van der Waals surface area contributed by atoms with Crippen LogP contribution in [0.3, 0.4) is 0 Å². The van der Waals surface area contributed by atoms with Gasteiger partial charge in [0.1, 0.15) is 5.75 Å². The highest BCUT2D eigenvalue weighted by molar-refractivity contribution is 7.18. The Morgan fingerprint density at radius 2 is 2.00 bits per heavy atom. The molecule has 3 aromatic rings. The van der Waals surface area contributed by atoms with Crippen molar-refractivity contribution in [3.63, 3.8) is 0 Å². The van der Waals surface area contributed by atoms with Crippen molar-refractivity contribution >= 4 is 27.5 Å². The first-order valence-electron chi connectivity index (χ1n) is 7.05. The third-order valence-corrected chi connectivity index (χ3v) is 4.43. The van der Waals surface area contributed by atoms with Crippen LogP contribution >= 0.6 is 11.3 Å². The number of amides is 1. The first kappa shape index (κ1) is 14.5. The Labute approximate surface area is 132 Å². The molecule has 0 atom stereocenters. The smallest absolute Gasteiger partial charge is 0.251 e. The van der Waals surface area contributed by atoms with Gasteiger partial charge in [0.2, 0.25) is 0 Å². The predicted octanol–water partition coefficient (Wildman–Crippen LogP) is 3.28. The van der Waals surface area contributed by atoms with Crippen molar-refractivity contribution in [1.29, 1.82) is 0 Å². The highest BCUT2D eigenvalue weighted by Crippen LogP contribution is 2.25. The number of fused-ring (bicyclic) bond motifs is 1. The summed E-state index contributed by atoms with van der Waals surface area (Å²) in [4.78, 5) is 16.5. The largest absolute Gasteiger partial charge is 0.508 e. The van der Waals surface area contributed by atoms with Crippen LogP contribution in [0.25, 0.3) is 10.2 Å². The number of hydrogen-bond acceptors (Lipinski definition) is 4. The lowest BCUT2D eigenvalue weighted by atomic mass is 10.1. The van der Waals surface area contributed by atoms with Gasteiger partial charge in [-0.1, -0.05) is 17.7 Å². The Hall–Kier alpha value is -2.40. The summed E-state index contributed by atoms with van der Waals surface area (Å²) in [5.74, 6) is 0.175. The number of hydrogen-bond donors (Lipinski definition) is 2. The Balaban J connectivity index is 1.59. The molecule has 5 heteroatoms. The van der Waals surface area contributed by atoms with Crippen LogP contribution in [0.2, 0.25) is 0 Å². The van der Waals surface area contributed by atoms with Gasteiger partial charge in [0, 0.05) is 18.5 Å². The maximum atomic E-state index is 12.0. The van der Waals surface area contributed by atoms with Gasteiger partial charge in [-0.15, -0.1) is 11.3 Å². The molecule has 0 aliphatic heterocycles. The topological polar surface area (TPSA) is 62.2 Å². The molecule has 2 aromatic carbocycles. The van der Waals surface area contributed by atoms with E-state index in [9.17, 15) is 9.90 Å². The van der Waals surface area contributed by atoms with Crippen molar-refractivity contribution in [2.45, 2.75) is 13.3 Å². The van der Waals surface area contributed by atoms with Crippen molar-refractivity contribution in [2.75, 3.05) is 6.54 Å². The fourth-order valence-corrected chi connectivity index (χ4v) is 3.16. The number of carbonyl (C=O) groups is 1. The van der Waals surface area contributed by atoms with Gasteiger partial charge in [0.15, 0.2) is 0 Å². The van der Waals surface area contributed by atoms with Gasteiger partial charge in [-0.3, -0.25) is 4.79 Å². The van der Waals surface area contributed by atoms with E-state index in [0.29, 0.717) is 18.5 Å². The summed E-state index contributed by atoms with van der Waals surface area (Å²) in [5.41, 5.74) is 2.68. The van der Waals surface area contributed by atoms with Crippen molar-refractivity contribution in [2.24, 2.45) is 0 Å². The van der Waals surface area contributed by atoms with Gasteiger partial charge in [0.25, 0.3) is 5.91 Å². The number of rotatable bonds is 4. The molecule has 3 rings (SSSR count). The van der Waals surface area contributed by atoms with Crippen LogP contribution in [0.15, 0.2) is 42.5 Å². The van der Waals surface area contributed by atoms with E-state index in [2.05, 4.69) is 10.3 Å². The molecular weight excluding hydrogens is 296 g/mol. The van der Waals surface area contributed by atoms with E-state index in [0.717, 1.165) is 20.8 Å². The summed E-state index contributed by atoms with van der Waals surface area (Å²) >= 11 is 1.54. The maximum absolute atomic E-state index is 12.0. The number of phenols is 1. The third-order valence-electron chi connectivity index (χ3n) is 3.35. The molecule has 0 spiro atoms. The number of nitrogens with one attached hydrogen (secondary N) is 1. The number of aryl methyl sites for hydroxylation is 1. The highest BCUT2D eigenvalue weighted by atomic mass is 32.1. The van der Waals surface area contributed by atoms with Crippen molar-refractivity contribution in [3.05, 3.63) is 58.6 Å². The molecule has 112 valence electrons. The summed E-state index contributed by atoms with van der Waals surface area (Å²) in [6, 6.07) is 12.6. The zero-order valence-corrected chi connectivity index (χ0v) is 13.0. The summed E-state index contributed by atoms with van der Waals surface area (Å²) in [7, 11) is 0. The lowest BCUT2D eigenvalue weighted by molar-refractivity contribution is 0.0954. The second-order valence-electron chi connectivity index (χ2n) is 5.13. The lowest BCUT2D eigenvalue weighted by Crippen LogP contribution is -2.25. The average Bonchev–Trinajstić information content (AvgIpc) is 2.89. The van der Waals surface area contributed by atoms with E-state index in [1.54, 1.807) is 18.2 Å². The molecule has 1 aromatic heterocycles. The van der Waals surface area contributed by atoms with Crippen LogP contribution in [0.4, 0.5) is 0 Å². The number of nitrogens with zero attached hydrogens (tertiary/aromatic N) is 1. The molecule has 0 aliphatic rings. The molecule has 2 N–H and O–H groups in total. The number of thiazole rings is 1. The molecule has 0 unspecified atom stereocenters. The standard InChI is InChI=1S/C17H16N2O2S/c1-11-2-4-12(5-3-11)17(21)18-9-8-16-19-14-7-6-13(20)10-15(14)22-16/h2-7,10,20H,8-9H2,1H3,(H,18,21). The van der Waals surface area contributed by atoms with Crippen molar-refractivity contribution in [1.82, 2.24) is 10.3 Å². The molecule has 0 fully saturated rings. The maximum Gasteiger partial charge on any atom is 0.251 e. The van der Waals surface area contributed by atoms with E-state index in [4.69, 9.17) is 0 Å². The van der Waals surface area contributed by atoms with E-state index < -0.39 is 0 Å². The van der Waals surface area contributed by atoms with Gasteiger partial charge in [-0.25, -0.2) is 4.98 Å². The second kappa shape index (κ2) is 6.15. The summed E-state index contributed by atoms with van der Waals surface area (Å²) in [6.45, 7) is 2.53. The van der Waals surface area contributed by atoms with Crippen LogP contribution in [-0.4, -0.2) is 22.5 Å². The summed E-state index contributed by atoms with van der Waals surface area (Å²) in [5, 5.41) is 13.3. The first-order valence-corrected chi connectivity index (χ1v) is 7.87. The van der Waals surface area contributed by atoms with Gasteiger partial charge in [0.05, 0.1) is 15.2 Å². The number of aromatic hydroxyl groups is 1. The third kappa shape index (κ3) is 3.26. The fraction of sp³-hybridized carbons (Fsp3) is 0.176. The molecule has 0 bridgehead atoms. The SMILES string of the molecule is Cc1ccc(C(=O)NCCc2nc3ccc(O)cc3s2)cc1. The van der Waals surface area contributed by atoms with Crippen LogP contribution in [0.1, 0.15) is 20.9 Å². The van der Waals surface area contributed by atoms with Gasteiger partial charge in [-0.05, 0) is 37.3 Å². The Bertz CT molecular complexity index is 809. The zero-order valence-electron chi connectivity index (χ0n) is 12.2. The molecule has 4 nitrogen and oxygen atoms in total. The van der Waals surface area contributed by atoms with Gasteiger partial charge < -0.3 is 10.4 Å². The van der Waals surface area contributed by atoms with Crippen LogP contribution in [0, 0.1) is 6.92 Å². The quantitative estimate of drug-likeness (QED) is 0.777. The number of carbonyl (C=O) groups excluding carboxylic acids is 1. The molecular formula is C17H16N2O2S. The monoisotopic (exact) mass is 312 g/mol. The van der Waals surface area contributed by atoms with Crippen LogP contribution < -0.4 is 5.32 Å². The molecule has 0 aliphatic carbocycles. The Morgan fingerprint density at radius 1 is 1.23 bits per heavy atom. The molecule has 1 amide bonds. The number of aromatic nitrogens is 1. The number of benzene rings is 2. The highest BCUT2D eigenvalue weighted by Gasteiger charge is 2.07. The normalized spacial score (nSPS) is 10.8. The van der Waals surface area contributed by atoms with Gasteiger partial charge in [-0.2, -0.15) is 0 Å². The van der Waals surface area contributed by atoms with Crippen LogP contribution in [0.5, 0.6) is 5.75 Å². The molecule has 1 heterocycles. The minimum atomic E-state index is -0.0706. The molecule has 0 radical (unpaired) electrons. The van der Waals surface area contributed by atoms with E-state index in [-0.39, 0.29) is 11.7 Å². The Morgan fingerprint density at radius 3 is 2.77 bits per heavy atom. The lowest BCUT2D eigenvalue weighted by Gasteiger charge is -2.04. The Kier molecular flexibility index (Phi) is 4.06. The van der Waals surface area contributed by atoms with E-state index in [1.807, 2.05) is 31.2 Å². The number of phenolic OH excluding ortho intramolecular Hbond substituents is 1. The molecule has 22 heavy (non-hydrogen) atoms. The molecule has 0 saturated heterocycles. The summed E-state index contributed by atoms with van der Waals surface area (Å²) < 4.78 is 0.958. The van der Waals surface area contributed by atoms with E-state index >= 15 is 0 Å². The minimum absolute atomic E-state index is 0.0706. The molecule has 0 saturated carbocycles.